The minimum Gasteiger partial charge on any atom is -0.497 e. The van der Waals surface area contributed by atoms with Crippen LogP contribution in [0.3, 0.4) is 0 Å². The Kier molecular flexibility index (Phi) is 3.80. The van der Waals surface area contributed by atoms with Gasteiger partial charge >= 0.3 is 0 Å². The van der Waals surface area contributed by atoms with Crippen LogP contribution in [0.1, 0.15) is 18.4 Å². The Labute approximate surface area is 96.4 Å². The van der Waals surface area contributed by atoms with Gasteiger partial charge in [-0.05, 0) is 43.0 Å². The molecule has 0 aromatic heterocycles. The summed E-state index contributed by atoms with van der Waals surface area (Å²) in [4.78, 5) is 0. The summed E-state index contributed by atoms with van der Waals surface area (Å²) in [7, 11) is 1.68. The Morgan fingerprint density at radius 2 is 2.25 bits per heavy atom. The van der Waals surface area contributed by atoms with Gasteiger partial charge in [0, 0.05) is 6.54 Å². The van der Waals surface area contributed by atoms with E-state index in [1.807, 2.05) is 18.2 Å². The summed E-state index contributed by atoms with van der Waals surface area (Å²) < 4.78 is 5.17. The minimum absolute atomic E-state index is 0.0522. The molecule has 0 unspecified atom stereocenters. The standard InChI is InChI=1S/C13H19NO2/c1-16-13-4-2-3-10(7-13)8-14-9-11-5-12(15)6-11/h2-4,7,11-12,14-15H,5-6,8-9H2,1H3. The first kappa shape index (κ1) is 11.4. The molecule has 0 saturated heterocycles. The number of aliphatic hydroxyl groups excluding tert-OH is 1. The van der Waals surface area contributed by atoms with E-state index >= 15 is 0 Å². The van der Waals surface area contributed by atoms with E-state index in [0.717, 1.165) is 31.7 Å². The van der Waals surface area contributed by atoms with Crippen molar-refractivity contribution in [2.24, 2.45) is 5.92 Å². The highest BCUT2D eigenvalue weighted by atomic mass is 16.5. The molecule has 1 aliphatic rings. The normalized spacial score (nSPS) is 23.9. The highest BCUT2D eigenvalue weighted by Crippen LogP contribution is 2.26. The molecule has 0 aliphatic heterocycles. The van der Waals surface area contributed by atoms with Crippen LogP contribution >= 0.6 is 0 Å². The maximum absolute atomic E-state index is 9.16. The smallest absolute Gasteiger partial charge is 0.119 e. The van der Waals surface area contributed by atoms with Gasteiger partial charge in [-0.15, -0.1) is 0 Å². The highest BCUT2D eigenvalue weighted by Gasteiger charge is 2.26. The molecule has 3 heteroatoms. The zero-order valence-corrected chi connectivity index (χ0v) is 9.65. The molecule has 3 nitrogen and oxygen atoms in total. The van der Waals surface area contributed by atoms with E-state index in [0.29, 0.717) is 5.92 Å². The molecular weight excluding hydrogens is 202 g/mol. The molecule has 0 spiro atoms. The lowest BCUT2D eigenvalue weighted by Gasteiger charge is -2.31. The third kappa shape index (κ3) is 2.97. The van der Waals surface area contributed by atoms with Crippen molar-refractivity contribution in [1.29, 1.82) is 0 Å². The van der Waals surface area contributed by atoms with Crippen LogP contribution < -0.4 is 10.1 Å². The van der Waals surface area contributed by atoms with E-state index < -0.39 is 0 Å². The number of nitrogens with one attached hydrogen (secondary N) is 1. The molecule has 1 aromatic rings. The maximum atomic E-state index is 9.16. The van der Waals surface area contributed by atoms with Gasteiger partial charge in [0.15, 0.2) is 0 Å². The number of hydrogen-bond donors (Lipinski definition) is 2. The van der Waals surface area contributed by atoms with Crippen molar-refractivity contribution < 1.29 is 9.84 Å². The van der Waals surface area contributed by atoms with Gasteiger partial charge in [0.25, 0.3) is 0 Å². The second-order valence-electron chi connectivity index (χ2n) is 4.47. The molecule has 1 saturated carbocycles. The molecule has 1 fully saturated rings. The second kappa shape index (κ2) is 5.32. The molecule has 0 radical (unpaired) electrons. The third-order valence-corrected chi connectivity index (χ3v) is 3.11. The molecule has 0 bridgehead atoms. The number of rotatable bonds is 5. The molecule has 0 atom stereocenters. The van der Waals surface area contributed by atoms with Crippen LogP contribution in [0.4, 0.5) is 0 Å². The number of aliphatic hydroxyl groups is 1. The fraction of sp³-hybridized carbons (Fsp3) is 0.538. The Morgan fingerprint density at radius 3 is 2.94 bits per heavy atom. The van der Waals surface area contributed by atoms with Gasteiger partial charge in [0.2, 0.25) is 0 Å². The van der Waals surface area contributed by atoms with Crippen molar-refractivity contribution >= 4 is 0 Å². The molecule has 1 aromatic carbocycles. The fourth-order valence-electron chi connectivity index (χ4n) is 2.07. The van der Waals surface area contributed by atoms with Crippen molar-refractivity contribution in [1.82, 2.24) is 5.32 Å². The number of benzene rings is 1. The Balaban J connectivity index is 1.72. The van der Waals surface area contributed by atoms with E-state index in [2.05, 4.69) is 11.4 Å². The minimum atomic E-state index is -0.0522. The van der Waals surface area contributed by atoms with Crippen LogP contribution in [-0.4, -0.2) is 24.9 Å². The van der Waals surface area contributed by atoms with Gasteiger partial charge in [-0.25, -0.2) is 0 Å². The zero-order chi connectivity index (χ0) is 11.4. The first-order chi connectivity index (χ1) is 7.78. The summed E-state index contributed by atoms with van der Waals surface area (Å²) in [5.41, 5.74) is 1.24. The van der Waals surface area contributed by atoms with Gasteiger partial charge in [-0.3, -0.25) is 0 Å². The summed E-state index contributed by atoms with van der Waals surface area (Å²) in [6.45, 7) is 1.86. The largest absolute Gasteiger partial charge is 0.497 e. The van der Waals surface area contributed by atoms with E-state index in [-0.39, 0.29) is 6.10 Å². The lowest BCUT2D eigenvalue weighted by Crippen LogP contribution is -2.35. The van der Waals surface area contributed by atoms with Crippen molar-refractivity contribution in [2.45, 2.75) is 25.5 Å². The Hall–Kier alpha value is -1.06. The number of ether oxygens (including phenoxy) is 1. The predicted molar refractivity (Wildman–Crippen MR) is 63.4 cm³/mol. The van der Waals surface area contributed by atoms with E-state index in [1.54, 1.807) is 7.11 Å². The maximum Gasteiger partial charge on any atom is 0.119 e. The summed E-state index contributed by atoms with van der Waals surface area (Å²) in [5.74, 6) is 1.55. The average molecular weight is 221 g/mol. The van der Waals surface area contributed by atoms with Crippen molar-refractivity contribution in [3.05, 3.63) is 29.8 Å². The second-order valence-corrected chi connectivity index (χ2v) is 4.47. The van der Waals surface area contributed by atoms with Crippen LogP contribution in [0.2, 0.25) is 0 Å². The quantitative estimate of drug-likeness (QED) is 0.792. The molecular formula is C13H19NO2. The fourth-order valence-corrected chi connectivity index (χ4v) is 2.07. The lowest BCUT2D eigenvalue weighted by molar-refractivity contribution is 0.0430. The Morgan fingerprint density at radius 1 is 1.44 bits per heavy atom. The molecule has 0 amide bonds. The van der Waals surface area contributed by atoms with Gasteiger partial charge in [0.05, 0.1) is 13.2 Å². The van der Waals surface area contributed by atoms with E-state index in [9.17, 15) is 0 Å². The predicted octanol–water partition coefficient (Wildman–Crippen LogP) is 1.56. The van der Waals surface area contributed by atoms with E-state index in [1.165, 1.54) is 5.56 Å². The third-order valence-electron chi connectivity index (χ3n) is 3.11. The summed E-state index contributed by atoms with van der Waals surface area (Å²) >= 11 is 0. The molecule has 1 aliphatic carbocycles. The summed E-state index contributed by atoms with van der Waals surface area (Å²) in [5, 5.41) is 12.6. The lowest BCUT2D eigenvalue weighted by atomic mass is 9.82. The molecule has 16 heavy (non-hydrogen) atoms. The van der Waals surface area contributed by atoms with Crippen molar-refractivity contribution in [3.8, 4) is 5.75 Å². The van der Waals surface area contributed by atoms with Crippen molar-refractivity contribution in [3.63, 3.8) is 0 Å². The van der Waals surface area contributed by atoms with Gasteiger partial charge in [0.1, 0.15) is 5.75 Å². The van der Waals surface area contributed by atoms with Crippen LogP contribution in [0, 0.1) is 5.92 Å². The van der Waals surface area contributed by atoms with Crippen LogP contribution in [0.5, 0.6) is 5.75 Å². The van der Waals surface area contributed by atoms with Gasteiger partial charge in [-0.1, -0.05) is 12.1 Å². The number of hydrogen-bond acceptors (Lipinski definition) is 3. The zero-order valence-electron chi connectivity index (χ0n) is 9.65. The SMILES string of the molecule is COc1cccc(CNCC2CC(O)C2)c1. The molecule has 0 heterocycles. The summed E-state index contributed by atoms with van der Waals surface area (Å²) in [6.07, 6.45) is 1.85. The average Bonchev–Trinajstić information content (AvgIpc) is 2.27. The van der Waals surface area contributed by atoms with Gasteiger partial charge in [-0.2, -0.15) is 0 Å². The first-order valence-electron chi connectivity index (χ1n) is 5.79. The monoisotopic (exact) mass is 221 g/mol. The summed E-state index contributed by atoms with van der Waals surface area (Å²) in [6, 6.07) is 8.09. The number of methoxy groups -OCH3 is 1. The van der Waals surface area contributed by atoms with Gasteiger partial charge < -0.3 is 15.2 Å². The van der Waals surface area contributed by atoms with E-state index in [4.69, 9.17) is 9.84 Å². The first-order valence-corrected chi connectivity index (χ1v) is 5.79. The van der Waals surface area contributed by atoms with Crippen molar-refractivity contribution in [2.75, 3.05) is 13.7 Å². The van der Waals surface area contributed by atoms with Crippen LogP contribution in [-0.2, 0) is 6.54 Å². The molecule has 2 rings (SSSR count). The topological polar surface area (TPSA) is 41.5 Å². The Bertz CT molecular complexity index is 334. The highest BCUT2D eigenvalue weighted by molar-refractivity contribution is 5.28. The molecule has 88 valence electrons. The van der Waals surface area contributed by atoms with Crippen LogP contribution in [0.25, 0.3) is 0 Å². The molecule has 2 N–H and O–H groups in total. The van der Waals surface area contributed by atoms with Crippen LogP contribution in [0.15, 0.2) is 24.3 Å².